The molecule has 0 radical (unpaired) electrons. The monoisotopic (exact) mass is 406 g/mol. The van der Waals surface area contributed by atoms with Crippen LogP contribution in [0.2, 0.25) is 5.02 Å². The summed E-state index contributed by atoms with van der Waals surface area (Å²) >= 11 is 6.04. The molecule has 4 aromatic rings. The first-order chi connectivity index (χ1) is 14.0. The molecule has 1 N–H and O–H groups in total. The van der Waals surface area contributed by atoms with Crippen LogP contribution in [0.3, 0.4) is 0 Å². The van der Waals surface area contributed by atoms with Crippen molar-refractivity contribution in [3.8, 4) is 22.4 Å². The van der Waals surface area contributed by atoms with Gasteiger partial charge in [-0.1, -0.05) is 23.7 Å². The highest BCUT2D eigenvalue weighted by atomic mass is 35.5. The molecule has 2 aromatic carbocycles. The van der Waals surface area contributed by atoms with E-state index < -0.39 is 4.92 Å². The van der Waals surface area contributed by atoms with Crippen molar-refractivity contribution in [2.24, 2.45) is 0 Å². The van der Waals surface area contributed by atoms with Crippen molar-refractivity contribution in [1.29, 1.82) is 0 Å². The summed E-state index contributed by atoms with van der Waals surface area (Å²) in [4.78, 5) is 26.6. The lowest BCUT2D eigenvalue weighted by atomic mass is 10.0. The van der Waals surface area contributed by atoms with Crippen molar-refractivity contribution in [2.45, 2.75) is 18.8 Å². The summed E-state index contributed by atoms with van der Waals surface area (Å²) in [7, 11) is 0. The Morgan fingerprint density at radius 3 is 2.34 bits per heavy atom. The number of halogens is 1. The summed E-state index contributed by atoms with van der Waals surface area (Å²) in [6, 6.07) is 15.0. The molecule has 29 heavy (non-hydrogen) atoms. The molecule has 7 nitrogen and oxygen atoms in total. The molecule has 8 heteroatoms. The number of fused-ring (bicyclic) bond motifs is 1. The molecule has 1 saturated carbocycles. The second-order valence-electron chi connectivity index (χ2n) is 7.13. The number of nitrogens with zero attached hydrogens (tertiary/aromatic N) is 3. The van der Waals surface area contributed by atoms with Crippen LogP contribution in [-0.4, -0.2) is 19.5 Å². The largest absolute Gasteiger partial charge is 0.339 e. The van der Waals surface area contributed by atoms with Gasteiger partial charge in [0.15, 0.2) is 0 Å². The molecule has 0 aliphatic heterocycles. The van der Waals surface area contributed by atoms with Gasteiger partial charge >= 0.3 is 0 Å². The summed E-state index contributed by atoms with van der Waals surface area (Å²) in [5.41, 5.74) is 4.35. The summed E-state index contributed by atoms with van der Waals surface area (Å²) < 4.78 is 1.40. The van der Waals surface area contributed by atoms with E-state index in [9.17, 15) is 14.9 Å². The van der Waals surface area contributed by atoms with Gasteiger partial charge in [-0.15, -0.1) is 0 Å². The molecule has 1 fully saturated rings. The second kappa shape index (κ2) is 6.56. The molecule has 1 aliphatic carbocycles. The molecule has 0 saturated heterocycles. The van der Waals surface area contributed by atoms with Crippen LogP contribution in [-0.2, 0) is 0 Å². The third-order valence-corrected chi connectivity index (χ3v) is 5.38. The van der Waals surface area contributed by atoms with Gasteiger partial charge in [0.1, 0.15) is 5.65 Å². The zero-order valence-electron chi connectivity index (χ0n) is 15.1. The SMILES string of the molecule is O=c1cc(-c2ccc([N+](=O)[O-])cc2)[nH]c2c(-c3ccc(Cl)cc3)c(C3CC3)nn12. The van der Waals surface area contributed by atoms with E-state index >= 15 is 0 Å². The fraction of sp³-hybridized carbons (Fsp3) is 0.143. The molecular formula is C21H15ClN4O3. The zero-order valence-corrected chi connectivity index (χ0v) is 15.9. The Morgan fingerprint density at radius 2 is 1.72 bits per heavy atom. The predicted molar refractivity (Wildman–Crippen MR) is 110 cm³/mol. The highest BCUT2D eigenvalue weighted by Gasteiger charge is 2.31. The van der Waals surface area contributed by atoms with E-state index in [2.05, 4.69) is 10.1 Å². The van der Waals surface area contributed by atoms with Crippen molar-refractivity contribution < 1.29 is 4.92 Å². The molecule has 0 atom stereocenters. The van der Waals surface area contributed by atoms with Crippen LogP contribution in [0.5, 0.6) is 0 Å². The maximum absolute atomic E-state index is 12.8. The number of H-pyrrole nitrogens is 1. The molecule has 5 rings (SSSR count). The van der Waals surface area contributed by atoms with Gasteiger partial charge in [0.05, 0.1) is 16.3 Å². The fourth-order valence-corrected chi connectivity index (χ4v) is 3.65. The number of hydrogen-bond donors (Lipinski definition) is 1. The van der Waals surface area contributed by atoms with Crippen LogP contribution in [0.1, 0.15) is 24.5 Å². The Hall–Kier alpha value is -3.45. The van der Waals surface area contributed by atoms with Crippen molar-refractivity contribution in [3.63, 3.8) is 0 Å². The van der Waals surface area contributed by atoms with Gasteiger partial charge in [0.2, 0.25) is 0 Å². The molecule has 0 spiro atoms. The van der Waals surface area contributed by atoms with E-state index in [1.165, 1.54) is 22.7 Å². The van der Waals surface area contributed by atoms with Crippen molar-refractivity contribution >= 4 is 22.9 Å². The van der Waals surface area contributed by atoms with Crippen LogP contribution in [0.4, 0.5) is 5.69 Å². The van der Waals surface area contributed by atoms with Gasteiger partial charge < -0.3 is 4.98 Å². The summed E-state index contributed by atoms with van der Waals surface area (Å²) in [6.07, 6.45) is 2.10. The fourth-order valence-electron chi connectivity index (χ4n) is 3.52. The number of hydrogen-bond acceptors (Lipinski definition) is 4. The minimum absolute atomic E-state index is 0.000555. The number of nitrogens with one attached hydrogen (secondary N) is 1. The number of rotatable bonds is 4. The van der Waals surface area contributed by atoms with Crippen molar-refractivity contribution in [1.82, 2.24) is 14.6 Å². The van der Waals surface area contributed by atoms with E-state index in [1.54, 1.807) is 12.1 Å². The van der Waals surface area contributed by atoms with Crippen LogP contribution < -0.4 is 5.56 Å². The molecule has 1 aliphatic rings. The van der Waals surface area contributed by atoms with Crippen molar-refractivity contribution in [3.05, 3.63) is 85.8 Å². The quantitative estimate of drug-likeness (QED) is 0.389. The first-order valence-electron chi connectivity index (χ1n) is 9.18. The highest BCUT2D eigenvalue weighted by molar-refractivity contribution is 6.30. The summed E-state index contributed by atoms with van der Waals surface area (Å²) in [5, 5.41) is 16.1. The molecular weight excluding hydrogens is 392 g/mol. The van der Waals surface area contributed by atoms with E-state index in [0.717, 1.165) is 29.7 Å². The van der Waals surface area contributed by atoms with E-state index in [1.807, 2.05) is 24.3 Å². The number of aromatic nitrogens is 3. The number of benzene rings is 2. The number of nitro benzene ring substituents is 1. The Labute approximate surface area is 169 Å². The summed E-state index contributed by atoms with van der Waals surface area (Å²) in [6.45, 7) is 0. The first kappa shape index (κ1) is 17.6. The minimum Gasteiger partial charge on any atom is -0.339 e. The van der Waals surface area contributed by atoms with Crippen LogP contribution in [0.25, 0.3) is 28.0 Å². The second-order valence-corrected chi connectivity index (χ2v) is 7.56. The lowest BCUT2D eigenvalue weighted by molar-refractivity contribution is -0.384. The van der Waals surface area contributed by atoms with E-state index in [-0.39, 0.29) is 11.2 Å². The Kier molecular flexibility index (Phi) is 3.99. The number of aromatic amines is 1. The van der Waals surface area contributed by atoms with Gasteiger partial charge in [-0.2, -0.15) is 9.61 Å². The molecule has 144 valence electrons. The van der Waals surface area contributed by atoms with Crippen molar-refractivity contribution in [2.75, 3.05) is 0 Å². The normalized spacial score (nSPS) is 13.7. The van der Waals surface area contributed by atoms with Gasteiger partial charge in [-0.3, -0.25) is 14.9 Å². The third-order valence-electron chi connectivity index (χ3n) is 5.13. The van der Waals surface area contributed by atoms with Crippen LogP contribution in [0.15, 0.2) is 59.4 Å². The Bertz CT molecular complexity index is 1300. The predicted octanol–water partition coefficient (Wildman–Crippen LogP) is 4.80. The van der Waals surface area contributed by atoms with Crippen LogP contribution in [0, 0.1) is 10.1 Å². The molecule has 0 bridgehead atoms. The van der Waals surface area contributed by atoms with Gasteiger partial charge in [0.25, 0.3) is 11.2 Å². The third kappa shape index (κ3) is 3.09. The lowest BCUT2D eigenvalue weighted by Gasteiger charge is -2.06. The lowest BCUT2D eigenvalue weighted by Crippen LogP contribution is -2.14. The Morgan fingerprint density at radius 1 is 1.07 bits per heavy atom. The molecule has 2 heterocycles. The number of non-ortho nitro benzene ring substituents is 1. The van der Waals surface area contributed by atoms with Gasteiger partial charge in [0, 0.05) is 34.7 Å². The molecule has 0 amide bonds. The van der Waals surface area contributed by atoms with Gasteiger partial charge in [-0.25, -0.2) is 0 Å². The maximum atomic E-state index is 12.8. The minimum atomic E-state index is -0.451. The average molecular weight is 407 g/mol. The molecule has 2 aromatic heterocycles. The number of nitro groups is 1. The Balaban J connectivity index is 1.73. The zero-order chi connectivity index (χ0) is 20.1. The first-order valence-corrected chi connectivity index (χ1v) is 9.56. The smallest absolute Gasteiger partial charge is 0.274 e. The topological polar surface area (TPSA) is 93.3 Å². The highest BCUT2D eigenvalue weighted by Crippen LogP contribution is 2.45. The van der Waals surface area contributed by atoms with E-state index in [4.69, 9.17) is 11.6 Å². The average Bonchev–Trinajstić information content (AvgIpc) is 3.49. The summed E-state index contributed by atoms with van der Waals surface area (Å²) in [5.74, 6) is 0.344. The standard InChI is InChI=1S/C21H15ClN4O3/c22-15-7-3-13(4-8-15)19-20(14-1-2-14)24-25-18(27)11-17(23-21(19)25)12-5-9-16(10-6-12)26(28)29/h3-11,14,23H,1-2H2. The maximum Gasteiger partial charge on any atom is 0.274 e. The molecule has 0 unspecified atom stereocenters. The van der Waals surface area contributed by atoms with Crippen LogP contribution >= 0.6 is 11.6 Å². The van der Waals surface area contributed by atoms with E-state index in [0.29, 0.717) is 27.8 Å². The van der Waals surface area contributed by atoms with Gasteiger partial charge in [-0.05, 0) is 48.2 Å².